The Morgan fingerprint density at radius 1 is 0.284 bits per heavy atom. The van der Waals surface area contributed by atoms with Gasteiger partial charge in [-0.15, -0.1) is 0 Å². The number of para-hydroxylation sites is 1. The molecule has 0 radical (unpaired) electrons. The highest BCUT2D eigenvalue weighted by Gasteiger charge is 2.41. The van der Waals surface area contributed by atoms with Gasteiger partial charge in [0.05, 0.1) is 5.69 Å². The summed E-state index contributed by atoms with van der Waals surface area (Å²) in [4.78, 5) is 2.41. The Labute approximate surface area is 393 Å². The van der Waals surface area contributed by atoms with Crippen LogP contribution in [0.1, 0.15) is 23.6 Å². The number of hydrogen-bond acceptors (Lipinski definition) is 1. The van der Waals surface area contributed by atoms with Gasteiger partial charge < -0.3 is 4.90 Å². The van der Waals surface area contributed by atoms with Gasteiger partial charge >= 0.3 is 0 Å². The van der Waals surface area contributed by atoms with Gasteiger partial charge in [-0.2, -0.15) is 0 Å². The van der Waals surface area contributed by atoms with E-state index in [1.54, 1.807) is 0 Å². The maximum Gasteiger partial charge on any atom is 0.0540 e. The predicted octanol–water partition coefficient (Wildman–Crippen LogP) is 18.0. The molecule has 0 bridgehead atoms. The third-order valence-corrected chi connectivity index (χ3v) is 14.0. The molecule has 1 unspecified atom stereocenters. The topological polar surface area (TPSA) is 3.24 Å². The summed E-state index contributed by atoms with van der Waals surface area (Å²) in [5.41, 5.74) is 21.6. The van der Waals surface area contributed by atoms with Gasteiger partial charge in [0, 0.05) is 22.4 Å². The summed E-state index contributed by atoms with van der Waals surface area (Å²) in [7, 11) is 0. The van der Waals surface area contributed by atoms with Crippen LogP contribution in [0.4, 0.5) is 17.1 Å². The van der Waals surface area contributed by atoms with Crippen LogP contribution in [-0.4, -0.2) is 0 Å². The first-order valence-electron chi connectivity index (χ1n) is 23.2. The maximum atomic E-state index is 2.41. The Kier molecular flexibility index (Phi) is 10.0. The van der Waals surface area contributed by atoms with Gasteiger partial charge in [-0.1, -0.05) is 224 Å². The summed E-state index contributed by atoms with van der Waals surface area (Å²) in [6.45, 7) is 2.39. The van der Waals surface area contributed by atoms with Gasteiger partial charge in [-0.25, -0.2) is 0 Å². The van der Waals surface area contributed by atoms with Crippen molar-refractivity contribution in [2.45, 2.75) is 12.3 Å². The molecule has 0 aliphatic heterocycles. The van der Waals surface area contributed by atoms with Gasteiger partial charge in [0.15, 0.2) is 0 Å². The highest BCUT2D eigenvalue weighted by Crippen LogP contribution is 2.55. The molecule has 11 aromatic rings. The number of hydrogen-bond donors (Lipinski definition) is 0. The SMILES string of the molecule is CC1(c2ccccc2)c2ccccc2-c2c(-c3ccc(N(c4ccc(-c5cccc(-c6ccccc6)c5)cc4)c4ccccc4-c4ccc(-c5ccc6ccccc6c5)cc4)cc3)cccc21. The zero-order valence-electron chi connectivity index (χ0n) is 37.4. The zero-order valence-corrected chi connectivity index (χ0v) is 37.4. The van der Waals surface area contributed by atoms with Crippen LogP contribution in [0.15, 0.2) is 267 Å². The summed E-state index contributed by atoms with van der Waals surface area (Å²) in [6, 6.07) is 97.7. The standard InChI is InChI=1S/C66H47N/c1-66(56-22-6-3-7-23-56)62-27-12-10-25-61(62)65-60(26-15-28-63(65)66)51-38-42-58(43-39-51)67(57-40-36-49(37-41-57)54-21-14-20-53(44-54)46-16-4-2-5-17-46)64-29-13-11-24-59(64)50-33-30-48(31-34-50)55-35-32-47-18-8-9-19-52(47)45-55/h2-45H,1H3. The molecule has 0 saturated carbocycles. The molecule has 1 atom stereocenters. The molecule has 11 aromatic carbocycles. The van der Waals surface area contributed by atoms with Crippen molar-refractivity contribution < 1.29 is 0 Å². The third kappa shape index (κ3) is 7.13. The Balaban J connectivity index is 0.951. The lowest BCUT2D eigenvalue weighted by Crippen LogP contribution is -2.22. The van der Waals surface area contributed by atoms with E-state index in [9.17, 15) is 0 Å². The maximum absolute atomic E-state index is 2.41. The van der Waals surface area contributed by atoms with Crippen LogP contribution < -0.4 is 4.90 Å². The Morgan fingerprint density at radius 3 is 1.45 bits per heavy atom. The molecule has 0 aromatic heterocycles. The summed E-state index contributed by atoms with van der Waals surface area (Å²) in [5, 5.41) is 2.50. The van der Waals surface area contributed by atoms with Crippen molar-refractivity contribution in [3.05, 3.63) is 284 Å². The molecule has 0 spiro atoms. The van der Waals surface area contributed by atoms with Gasteiger partial charge in [-0.05, 0) is 138 Å². The van der Waals surface area contributed by atoms with Crippen LogP contribution in [0.3, 0.4) is 0 Å². The molecule has 316 valence electrons. The molecule has 67 heavy (non-hydrogen) atoms. The van der Waals surface area contributed by atoms with Crippen LogP contribution in [0, 0.1) is 0 Å². The highest BCUT2D eigenvalue weighted by molar-refractivity contribution is 5.95. The number of anilines is 3. The fraction of sp³-hybridized carbons (Fsp3) is 0.0303. The van der Waals surface area contributed by atoms with E-state index in [-0.39, 0.29) is 5.41 Å². The van der Waals surface area contributed by atoms with Gasteiger partial charge in [0.2, 0.25) is 0 Å². The van der Waals surface area contributed by atoms with E-state index in [1.165, 1.54) is 83.1 Å². The smallest absolute Gasteiger partial charge is 0.0540 e. The van der Waals surface area contributed by atoms with E-state index in [1.807, 2.05) is 0 Å². The second-order valence-corrected chi connectivity index (χ2v) is 17.8. The molecule has 1 aliphatic rings. The van der Waals surface area contributed by atoms with Crippen molar-refractivity contribution in [3.63, 3.8) is 0 Å². The molecule has 0 saturated heterocycles. The zero-order chi connectivity index (χ0) is 44.7. The second kappa shape index (κ2) is 16.8. The highest BCUT2D eigenvalue weighted by atomic mass is 15.1. The molecule has 0 amide bonds. The summed E-state index contributed by atoms with van der Waals surface area (Å²) < 4.78 is 0. The molecule has 1 aliphatic carbocycles. The lowest BCUT2D eigenvalue weighted by molar-refractivity contribution is 0.714. The van der Waals surface area contributed by atoms with E-state index in [0.717, 1.165) is 28.2 Å². The van der Waals surface area contributed by atoms with Crippen molar-refractivity contribution >= 4 is 27.8 Å². The predicted molar refractivity (Wildman–Crippen MR) is 283 cm³/mol. The Bertz CT molecular complexity index is 3550. The molecule has 0 fully saturated rings. The first-order valence-corrected chi connectivity index (χ1v) is 23.2. The second-order valence-electron chi connectivity index (χ2n) is 17.8. The fourth-order valence-electron chi connectivity index (χ4n) is 10.5. The minimum absolute atomic E-state index is 0.258. The fourth-order valence-corrected chi connectivity index (χ4v) is 10.5. The van der Waals surface area contributed by atoms with Crippen molar-refractivity contribution in [1.82, 2.24) is 0 Å². The van der Waals surface area contributed by atoms with Crippen LogP contribution in [-0.2, 0) is 5.41 Å². The van der Waals surface area contributed by atoms with Crippen molar-refractivity contribution in [2.75, 3.05) is 4.90 Å². The van der Waals surface area contributed by atoms with Crippen LogP contribution >= 0.6 is 0 Å². The minimum atomic E-state index is -0.258. The largest absolute Gasteiger partial charge is 0.310 e. The normalized spacial score (nSPS) is 13.8. The number of fused-ring (bicyclic) bond motifs is 4. The van der Waals surface area contributed by atoms with Crippen LogP contribution in [0.25, 0.3) is 77.5 Å². The molecule has 1 heteroatoms. The quantitative estimate of drug-likeness (QED) is 0.140. The van der Waals surface area contributed by atoms with Crippen molar-refractivity contribution in [3.8, 4) is 66.8 Å². The number of nitrogens with zero attached hydrogens (tertiary/aromatic N) is 1. The van der Waals surface area contributed by atoms with Gasteiger partial charge in [0.25, 0.3) is 0 Å². The lowest BCUT2D eigenvalue weighted by Gasteiger charge is -2.29. The van der Waals surface area contributed by atoms with E-state index in [2.05, 4.69) is 279 Å². The van der Waals surface area contributed by atoms with Crippen molar-refractivity contribution in [1.29, 1.82) is 0 Å². The molecule has 0 heterocycles. The van der Waals surface area contributed by atoms with E-state index >= 15 is 0 Å². The number of rotatable bonds is 9. The Morgan fingerprint density at radius 2 is 0.731 bits per heavy atom. The van der Waals surface area contributed by atoms with Crippen LogP contribution in [0.5, 0.6) is 0 Å². The summed E-state index contributed by atoms with van der Waals surface area (Å²) in [6.07, 6.45) is 0. The van der Waals surface area contributed by atoms with E-state index in [0.29, 0.717) is 0 Å². The van der Waals surface area contributed by atoms with E-state index < -0.39 is 0 Å². The molecule has 0 N–H and O–H groups in total. The van der Waals surface area contributed by atoms with Crippen molar-refractivity contribution in [2.24, 2.45) is 0 Å². The molecule has 12 rings (SSSR count). The first-order chi connectivity index (χ1) is 33.1. The summed E-state index contributed by atoms with van der Waals surface area (Å²) in [5.74, 6) is 0. The number of benzene rings is 11. The van der Waals surface area contributed by atoms with Gasteiger partial charge in [0.1, 0.15) is 0 Å². The lowest BCUT2D eigenvalue weighted by atomic mass is 9.74. The minimum Gasteiger partial charge on any atom is -0.310 e. The summed E-state index contributed by atoms with van der Waals surface area (Å²) >= 11 is 0. The molecular weight excluding hydrogens is 807 g/mol. The van der Waals surface area contributed by atoms with E-state index in [4.69, 9.17) is 0 Å². The first kappa shape index (κ1) is 40.0. The average Bonchev–Trinajstić information content (AvgIpc) is 3.68. The monoisotopic (exact) mass is 853 g/mol. The Hall–Kier alpha value is -8.52. The van der Waals surface area contributed by atoms with Gasteiger partial charge in [-0.3, -0.25) is 0 Å². The molecular formula is C66H47N. The average molecular weight is 854 g/mol. The molecule has 1 nitrogen and oxygen atoms in total. The third-order valence-electron chi connectivity index (χ3n) is 14.0. The van der Waals surface area contributed by atoms with Crippen LogP contribution in [0.2, 0.25) is 0 Å².